The molecule has 5 rings (SSSR count). The first-order valence-electron chi connectivity index (χ1n) is 11.0. The molecular weight excluding hydrogens is 513 g/mol. The van der Waals surface area contributed by atoms with Gasteiger partial charge in [-0.2, -0.15) is 13.2 Å². The third kappa shape index (κ3) is 5.41. The molecule has 0 unspecified atom stereocenters. The number of benzene rings is 3. The summed E-state index contributed by atoms with van der Waals surface area (Å²) in [5.41, 5.74) is 0.899. The minimum absolute atomic E-state index is 0.0758. The number of imidazole rings is 1. The summed E-state index contributed by atoms with van der Waals surface area (Å²) in [5, 5.41) is 3.70. The molecule has 0 radical (unpaired) electrons. The van der Waals surface area contributed by atoms with Crippen LogP contribution >= 0.6 is 11.6 Å². The van der Waals surface area contributed by atoms with E-state index in [1.54, 1.807) is 55.5 Å². The Morgan fingerprint density at radius 1 is 1.03 bits per heavy atom. The molecule has 0 amide bonds. The van der Waals surface area contributed by atoms with Gasteiger partial charge in [0.2, 0.25) is 11.8 Å². The summed E-state index contributed by atoms with van der Waals surface area (Å²) in [4.78, 5) is 21.5. The molecule has 5 aromatic rings. The van der Waals surface area contributed by atoms with Crippen LogP contribution < -0.4 is 14.8 Å². The fourth-order valence-electron chi connectivity index (χ4n) is 3.61. The molecule has 8 nitrogen and oxygen atoms in total. The topological polar surface area (TPSA) is 101 Å². The summed E-state index contributed by atoms with van der Waals surface area (Å²) in [5.74, 6) is 1.60. The lowest BCUT2D eigenvalue weighted by Gasteiger charge is -2.07. The molecule has 37 heavy (non-hydrogen) atoms. The number of nitrogens with zero attached hydrogens (tertiary/aromatic N) is 1. The highest BCUT2D eigenvalue weighted by atomic mass is 35.5. The minimum atomic E-state index is -4.52. The molecule has 2 aromatic heterocycles. The van der Waals surface area contributed by atoms with Crippen molar-refractivity contribution >= 4 is 51.3 Å². The summed E-state index contributed by atoms with van der Waals surface area (Å²) in [6, 6.07) is 15.7. The summed E-state index contributed by atoms with van der Waals surface area (Å²) in [6.45, 7) is 1.89. The number of carbonyl (C=O) groups excluding carboxylic acids is 1. The van der Waals surface area contributed by atoms with Gasteiger partial charge in [-0.15, -0.1) is 0 Å². The summed E-state index contributed by atoms with van der Waals surface area (Å²) < 4.78 is 54.9. The van der Waals surface area contributed by atoms with Crippen molar-refractivity contribution in [3.8, 4) is 17.4 Å². The molecule has 0 atom stereocenters. The van der Waals surface area contributed by atoms with Gasteiger partial charge in [0, 0.05) is 22.7 Å². The highest BCUT2D eigenvalue weighted by molar-refractivity contribution is 6.35. The van der Waals surface area contributed by atoms with E-state index >= 15 is 0 Å². The molecule has 3 N–H and O–H groups in total. The van der Waals surface area contributed by atoms with Crippen molar-refractivity contribution in [2.45, 2.75) is 13.1 Å². The van der Waals surface area contributed by atoms with Crippen LogP contribution in [0.4, 0.5) is 29.6 Å². The molecule has 2 heterocycles. The van der Waals surface area contributed by atoms with Crippen LogP contribution in [-0.4, -0.2) is 27.7 Å². The van der Waals surface area contributed by atoms with Gasteiger partial charge in [0.15, 0.2) is 0 Å². The first-order valence-corrected chi connectivity index (χ1v) is 11.3. The van der Waals surface area contributed by atoms with Crippen LogP contribution in [0, 0.1) is 0 Å². The number of halogens is 4. The van der Waals surface area contributed by atoms with Crippen molar-refractivity contribution in [2.75, 3.05) is 11.9 Å². The first kappa shape index (κ1) is 24.3. The van der Waals surface area contributed by atoms with Crippen molar-refractivity contribution in [1.82, 2.24) is 15.0 Å². The molecule has 0 aliphatic heterocycles. The number of nitrogens with one attached hydrogen (secondary N) is 3. The van der Waals surface area contributed by atoms with E-state index < -0.39 is 17.9 Å². The number of hydrogen-bond acceptors (Lipinski definition) is 6. The maximum absolute atomic E-state index is 13.0. The monoisotopic (exact) mass is 530 g/mol. The van der Waals surface area contributed by atoms with Gasteiger partial charge < -0.3 is 29.5 Å². The smallest absolute Gasteiger partial charge is 0.457 e. The van der Waals surface area contributed by atoms with Crippen LogP contribution in [0.25, 0.3) is 21.9 Å². The fourth-order valence-corrected chi connectivity index (χ4v) is 3.87. The molecule has 0 spiro atoms. The third-order valence-electron chi connectivity index (χ3n) is 5.25. The molecule has 0 saturated carbocycles. The molecule has 3 aromatic carbocycles. The number of aromatic nitrogens is 3. The van der Waals surface area contributed by atoms with Crippen LogP contribution in [-0.2, 0) is 10.9 Å². The Morgan fingerprint density at radius 3 is 2.51 bits per heavy atom. The standard InChI is InChI=1S/C25H18ClF3N4O4/c1-2-35-24(34)37-21-10-13-9-17(7-8-19(13)31-21)36-16-5-3-15(4-6-16)30-23-32-20-12-14(25(27,28)29)11-18(26)22(20)33-23/h3-12,31H,2H2,1H3,(H2,30,32,33). The van der Waals surface area contributed by atoms with Crippen LogP contribution in [0.5, 0.6) is 17.4 Å². The van der Waals surface area contributed by atoms with Crippen LogP contribution in [0.3, 0.4) is 0 Å². The van der Waals surface area contributed by atoms with Gasteiger partial charge >= 0.3 is 12.3 Å². The van der Waals surface area contributed by atoms with Gasteiger partial charge in [-0.3, -0.25) is 0 Å². The van der Waals surface area contributed by atoms with E-state index in [-0.39, 0.29) is 29.0 Å². The summed E-state index contributed by atoms with van der Waals surface area (Å²) >= 11 is 6.01. The predicted molar refractivity (Wildman–Crippen MR) is 132 cm³/mol. The van der Waals surface area contributed by atoms with Crippen molar-refractivity contribution in [3.05, 3.63) is 71.2 Å². The molecule has 190 valence electrons. The Balaban J connectivity index is 1.28. The molecular formula is C25H18ClF3N4O4. The Labute approximate surface area is 212 Å². The molecule has 0 saturated heterocycles. The molecule has 0 bridgehead atoms. The second-order valence-electron chi connectivity index (χ2n) is 7.85. The predicted octanol–water partition coefficient (Wildman–Crippen LogP) is 7.79. The number of fused-ring (bicyclic) bond motifs is 2. The Kier molecular flexibility index (Phi) is 6.30. The van der Waals surface area contributed by atoms with Crippen molar-refractivity contribution < 1.29 is 32.2 Å². The van der Waals surface area contributed by atoms with E-state index in [1.807, 2.05) is 0 Å². The molecule has 0 fully saturated rings. The Morgan fingerprint density at radius 2 is 1.78 bits per heavy atom. The SMILES string of the molecule is CCOC(=O)Oc1cc2cc(Oc3ccc(Nc4nc5cc(C(F)(F)F)cc(Cl)c5[nH]4)cc3)ccc2[nH]1. The lowest BCUT2D eigenvalue weighted by atomic mass is 10.2. The molecule has 0 aliphatic carbocycles. The number of hydrogen-bond donors (Lipinski definition) is 3. The highest BCUT2D eigenvalue weighted by Gasteiger charge is 2.31. The zero-order valence-corrected chi connectivity index (χ0v) is 19.8. The van der Waals surface area contributed by atoms with E-state index in [0.29, 0.717) is 22.7 Å². The van der Waals surface area contributed by atoms with Crippen LogP contribution in [0.2, 0.25) is 5.02 Å². The third-order valence-corrected chi connectivity index (χ3v) is 5.55. The van der Waals surface area contributed by atoms with E-state index in [1.165, 1.54) is 0 Å². The average molecular weight is 531 g/mol. The number of anilines is 2. The minimum Gasteiger partial charge on any atom is -0.457 e. The van der Waals surface area contributed by atoms with E-state index in [2.05, 4.69) is 20.3 Å². The number of ether oxygens (including phenoxy) is 3. The largest absolute Gasteiger partial charge is 0.515 e. The zero-order chi connectivity index (χ0) is 26.2. The average Bonchev–Trinajstić information content (AvgIpc) is 3.43. The fraction of sp³-hybridized carbons (Fsp3) is 0.120. The Bertz CT molecular complexity index is 1600. The highest BCUT2D eigenvalue weighted by Crippen LogP contribution is 2.35. The number of H-pyrrole nitrogens is 2. The maximum Gasteiger partial charge on any atom is 0.515 e. The van der Waals surface area contributed by atoms with E-state index in [4.69, 9.17) is 25.8 Å². The van der Waals surface area contributed by atoms with Gasteiger partial charge in [-0.25, -0.2) is 9.78 Å². The zero-order valence-electron chi connectivity index (χ0n) is 19.1. The molecule has 0 aliphatic rings. The van der Waals surface area contributed by atoms with E-state index in [9.17, 15) is 18.0 Å². The number of aromatic amines is 2. The Hall–Kier alpha value is -4.38. The van der Waals surface area contributed by atoms with Gasteiger partial charge in [-0.1, -0.05) is 11.6 Å². The number of carbonyl (C=O) groups is 1. The second kappa shape index (κ2) is 9.58. The summed E-state index contributed by atoms with van der Waals surface area (Å²) in [6.07, 6.45) is -5.32. The van der Waals surface area contributed by atoms with Gasteiger partial charge in [0.1, 0.15) is 11.5 Å². The van der Waals surface area contributed by atoms with Crippen LogP contribution in [0.15, 0.2) is 60.7 Å². The van der Waals surface area contributed by atoms with Crippen molar-refractivity contribution in [1.29, 1.82) is 0 Å². The maximum atomic E-state index is 13.0. The van der Waals surface area contributed by atoms with Gasteiger partial charge in [-0.05, 0) is 61.5 Å². The summed E-state index contributed by atoms with van der Waals surface area (Å²) in [7, 11) is 0. The number of rotatable bonds is 6. The number of alkyl halides is 3. The van der Waals surface area contributed by atoms with Crippen molar-refractivity contribution in [3.63, 3.8) is 0 Å². The quantitative estimate of drug-likeness (QED) is 0.194. The molecule has 12 heteroatoms. The van der Waals surface area contributed by atoms with Crippen LogP contribution in [0.1, 0.15) is 12.5 Å². The van der Waals surface area contributed by atoms with E-state index in [0.717, 1.165) is 23.0 Å². The lowest BCUT2D eigenvalue weighted by molar-refractivity contribution is -0.137. The normalized spacial score (nSPS) is 11.6. The van der Waals surface area contributed by atoms with Gasteiger partial charge in [0.05, 0.1) is 28.2 Å². The van der Waals surface area contributed by atoms with Crippen molar-refractivity contribution in [2.24, 2.45) is 0 Å². The first-order chi connectivity index (χ1) is 17.7. The second-order valence-corrected chi connectivity index (χ2v) is 8.26. The lowest BCUT2D eigenvalue weighted by Crippen LogP contribution is -2.09. The van der Waals surface area contributed by atoms with Gasteiger partial charge in [0.25, 0.3) is 0 Å².